The average Bonchev–Trinajstić information content (AvgIpc) is 3.23. The smallest absolute Gasteiger partial charge is 0.322 e. The Kier molecular flexibility index (Phi) is 4.27. The normalized spacial score (nSPS) is 14.3. The van der Waals surface area contributed by atoms with E-state index in [1.807, 2.05) is 56.3 Å². The van der Waals surface area contributed by atoms with Crippen molar-refractivity contribution in [3.8, 4) is 23.0 Å². The van der Waals surface area contributed by atoms with Crippen LogP contribution < -0.4 is 14.8 Å². The van der Waals surface area contributed by atoms with E-state index in [1.54, 1.807) is 6.07 Å². The van der Waals surface area contributed by atoms with E-state index in [0.717, 1.165) is 17.5 Å². The van der Waals surface area contributed by atoms with Crippen LogP contribution in [0.3, 0.4) is 0 Å². The number of nitrogens with one attached hydrogen (secondary N) is 1. The Morgan fingerprint density at radius 1 is 1.15 bits per heavy atom. The minimum atomic E-state index is -0.395. The van der Waals surface area contributed by atoms with Gasteiger partial charge in [0.2, 0.25) is 5.89 Å². The van der Waals surface area contributed by atoms with Crippen molar-refractivity contribution in [2.24, 2.45) is 0 Å². The molecule has 0 aliphatic carbocycles. The Hall–Kier alpha value is -3.35. The molecule has 7 heteroatoms. The number of amides is 1. The average molecular weight is 365 g/mol. The van der Waals surface area contributed by atoms with E-state index in [-0.39, 0.29) is 18.2 Å². The van der Waals surface area contributed by atoms with E-state index in [1.165, 1.54) is 0 Å². The molecule has 4 rings (SSSR count). The molecule has 0 atom stereocenters. The molecule has 1 amide bonds. The third-order valence-corrected chi connectivity index (χ3v) is 4.11. The molecule has 0 bridgehead atoms. The number of carbonyl (C=O) groups is 1. The van der Waals surface area contributed by atoms with Gasteiger partial charge in [0, 0.05) is 17.5 Å². The fraction of sp³-hybridized carbons (Fsp3) is 0.250. The SMILES string of the molecule is CC1(C)Cc2cccc(OCC(=O)Nc3nnc(-c4ccccc4)o3)c2O1. The van der Waals surface area contributed by atoms with Gasteiger partial charge in [-0.2, -0.15) is 0 Å². The van der Waals surface area contributed by atoms with Gasteiger partial charge >= 0.3 is 6.01 Å². The van der Waals surface area contributed by atoms with Crippen LogP contribution in [0.15, 0.2) is 52.9 Å². The van der Waals surface area contributed by atoms with Crippen LogP contribution in [0.2, 0.25) is 0 Å². The summed E-state index contributed by atoms with van der Waals surface area (Å²) in [5.41, 5.74) is 1.57. The van der Waals surface area contributed by atoms with Crippen molar-refractivity contribution >= 4 is 11.9 Å². The second-order valence-electron chi connectivity index (χ2n) is 6.90. The number of carbonyl (C=O) groups excluding carboxylic acids is 1. The number of hydrogen-bond donors (Lipinski definition) is 1. The van der Waals surface area contributed by atoms with Gasteiger partial charge in [0.15, 0.2) is 18.1 Å². The summed E-state index contributed by atoms with van der Waals surface area (Å²) in [6.07, 6.45) is 0.802. The highest BCUT2D eigenvalue weighted by atomic mass is 16.5. The van der Waals surface area contributed by atoms with Gasteiger partial charge in [-0.15, -0.1) is 5.10 Å². The number of hydrogen-bond acceptors (Lipinski definition) is 6. The molecule has 1 N–H and O–H groups in total. The molecular formula is C20H19N3O4. The zero-order valence-corrected chi connectivity index (χ0v) is 15.1. The highest BCUT2D eigenvalue weighted by molar-refractivity contribution is 5.89. The fourth-order valence-electron chi connectivity index (χ4n) is 2.97. The molecule has 1 aromatic heterocycles. The number of para-hydroxylation sites is 1. The lowest BCUT2D eigenvalue weighted by atomic mass is 10.0. The van der Waals surface area contributed by atoms with Crippen LogP contribution in [0.1, 0.15) is 19.4 Å². The first-order valence-corrected chi connectivity index (χ1v) is 8.63. The second-order valence-corrected chi connectivity index (χ2v) is 6.90. The Bertz CT molecular complexity index is 966. The third-order valence-electron chi connectivity index (χ3n) is 4.11. The minimum Gasteiger partial charge on any atom is -0.483 e. The molecule has 0 saturated heterocycles. The van der Waals surface area contributed by atoms with Crippen LogP contribution in [0.4, 0.5) is 6.01 Å². The van der Waals surface area contributed by atoms with Crippen LogP contribution in [0, 0.1) is 0 Å². The van der Waals surface area contributed by atoms with E-state index in [4.69, 9.17) is 13.9 Å². The number of aromatic nitrogens is 2. The number of nitrogens with zero attached hydrogens (tertiary/aromatic N) is 2. The quantitative estimate of drug-likeness (QED) is 0.745. The summed E-state index contributed by atoms with van der Waals surface area (Å²) >= 11 is 0. The third kappa shape index (κ3) is 3.76. The van der Waals surface area contributed by atoms with Crippen molar-refractivity contribution in [2.45, 2.75) is 25.9 Å². The number of benzene rings is 2. The molecule has 3 aromatic rings. The van der Waals surface area contributed by atoms with Crippen LogP contribution in [0.5, 0.6) is 11.5 Å². The Morgan fingerprint density at radius 2 is 1.96 bits per heavy atom. The Labute approximate surface area is 156 Å². The summed E-state index contributed by atoms with van der Waals surface area (Å²) in [6.45, 7) is 3.84. The van der Waals surface area contributed by atoms with E-state index in [2.05, 4.69) is 15.5 Å². The number of fused-ring (bicyclic) bond motifs is 1. The summed E-state index contributed by atoms with van der Waals surface area (Å²) in [5, 5.41) is 10.3. The van der Waals surface area contributed by atoms with E-state index >= 15 is 0 Å². The molecule has 2 aromatic carbocycles. The van der Waals surface area contributed by atoms with Gasteiger partial charge in [0.1, 0.15) is 5.60 Å². The predicted octanol–water partition coefficient (Wildman–Crippen LogP) is 3.47. The van der Waals surface area contributed by atoms with Crippen LogP contribution in [0.25, 0.3) is 11.5 Å². The molecule has 7 nitrogen and oxygen atoms in total. The molecule has 138 valence electrons. The van der Waals surface area contributed by atoms with Gasteiger partial charge < -0.3 is 13.9 Å². The molecule has 0 fully saturated rings. The van der Waals surface area contributed by atoms with Gasteiger partial charge in [0.05, 0.1) is 0 Å². The van der Waals surface area contributed by atoms with Crippen molar-refractivity contribution in [1.82, 2.24) is 10.2 Å². The monoisotopic (exact) mass is 365 g/mol. The molecule has 27 heavy (non-hydrogen) atoms. The van der Waals surface area contributed by atoms with Gasteiger partial charge in [-0.1, -0.05) is 35.4 Å². The summed E-state index contributed by atoms with van der Waals surface area (Å²) in [7, 11) is 0. The van der Waals surface area contributed by atoms with Gasteiger partial charge in [-0.25, -0.2) is 0 Å². The molecule has 2 heterocycles. The highest BCUT2D eigenvalue weighted by Gasteiger charge is 2.32. The van der Waals surface area contributed by atoms with Gasteiger partial charge in [-0.3, -0.25) is 10.1 Å². The maximum Gasteiger partial charge on any atom is 0.322 e. The van der Waals surface area contributed by atoms with Crippen molar-refractivity contribution in [3.05, 3.63) is 54.1 Å². The Balaban J connectivity index is 1.38. The van der Waals surface area contributed by atoms with E-state index in [9.17, 15) is 4.79 Å². The molecule has 0 radical (unpaired) electrons. The zero-order valence-electron chi connectivity index (χ0n) is 15.1. The lowest BCUT2D eigenvalue weighted by Crippen LogP contribution is -2.25. The number of ether oxygens (including phenoxy) is 2. The van der Waals surface area contributed by atoms with Crippen molar-refractivity contribution in [2.75, 3.05) is 11.9 Å². The highest BCUT2D eigenvalue weighted by Crippen LogP contribution is 2.41. The summed E-state index contributed by atoms with van der Waals surface area (Å²) < 4.78 is 17.0. The first-order valence-electron chi connectivity index (χ1n) is 8.63. The van der Waals surface area contributed by atoms with Crippen molar-refractivity contribution in [3.63, 3.8) is 0 Å². The largest absolute Gasteiger partial charge is 0.483 e. The van der Waals surface area contributed by atoms with Crippen molar-refractivity contribution in [1.29, 1.82) is 0 Å². The predicted molar refractivity (Wildman–Crippen MR) is 98.7 cm³/mol. The number of anilines is 1. The second kappa shape index (κ2) is 6.75. The molecule has 0 unspecified atom stereocenters. The standard InChI is InChI=1S/C20H19N3O4/c1-20(2)11-14-9-6-10-15(17(14)27-20)25-12-16(24)21-19-23-22-18(26-19)13-7-4-3-5-8-13/h3-10H,11-12H2,1-2H3,(H,21,23,24). The molecular weight excluding hydrogens is 346 g/mol. The maximum atomic E-state index is 12.2. The van der Waals surface area contributed by atoms with E-state index < -0.39 is 5.91 Å². The molecule has 0 spiro atoms. The van der Waals surface area contributed by atoms with Gasteiger partial charge in [0.25, 0.3) is 5.91 Å². The summed E-state index contributed by atoms with van der Waals surface area (Å²) in [6, 6.07) is 15.0. The number of rotatable bonds is 5. The fourth-order valence-corrected chi connectivity index (χ4v) is 2.97. The van der Waals surface area contributed by atoms with Gasteiger partial charge in [-0.05, 0) is 32.0 Å². The topological polar surface area (TPSA) is 86.5 Å². The molecule has 0 saturated carbocycles. The first-order chi connectivity index (χ1) is 13.0. The first kappa shape index (κ1) is 17.1. The lowest BCUT2D eigenvalue weighted by Gasteiger charge is -2.18. The Morgan fingerprint density at radius 3 is 2.78 bits per heavy atom. The van der Waals surface area contributed by atoms with E-state index in [0.29, 0.717) is 17.4 Å². The summed E-state index contributed by atoms with van der Waals surface area (Å²) in [5.74, 6) is 1.18. The maximum absolute atomic E-state index is 12.2. The van der Waals surface area contributed by atoms with Crippen LogP contribution in [-0.2, 0) is 11.2 Å². The lowest BCUT2D eigenvalue weighted by molar-refractivity contribution is -0.118. The van der Waals surface area contributed by atoms with Crippen LogP contribution in [-0.4, -0.2) is 28.3 Å². The molecule has 1 aliphatic rings. The van der Waals surface area contributed by atoms with Crippen LogP contribution >= 0.6 is 0 Å². The van der Waals surface area contributed by atoms with Crippen molar-refractivity contribution < 1.29 is 18.7 Å². The molecule has 1 aliphatic heterocycles. The summed E-state index contributed by atoms with van der Waals surface area (Å²) in [4.78, 5) is 12.2. The zero-order chi connectivity index (χ0) is 18.9. The minimum absolute atomic E-state index is 0.0260.